The van der Waals surface area contributed by atoms with E-state index in [1.165, 1.54) is 0 Å². The molecule has 0 saturated carbocycles. The summed E-state index contributed by atoms with van der Waals surface area (Å²) in [5, 5.41) is 2.78. The fraction of sp³-hybridized carbons (Fsp3) is 0.333. The minimum absolute atomic E-state index is 0.120. The summed E-state index contributed by atoms with van der Waals surface area (Å²) >= 11 is 3.41. The van der Waals surface area contributed by atoms with Gasteiger partial charge >= 0.3 is 0 Å². The van der Waals surface area contributed by atoms with E-state index in [1.807, 2.05) is 62.4 Å². The monoisotopic (exact) mass is 432 g/mol. The van der Waals surface area contributed by atoms with Crippen molar-refractivity contribution in [2.45, 2.75) is 33.4 Å². The number of rotatable bonds is 8. The molecule has 0 aliphatic rings. The summed E-state index contributed by atoms with van der Waals surface area (Å²) in [7, 11) is 0. The zero-order chi connectivity index (χ0) is 19.8. The molecule has 6 heteroatoms. The second-order valence-corrected chi connectivity index (χ2v) is 7.19. The van der Waals surface area contributed by atoms with Gasteiger partial charge in [-0.25, -0.2) is 0 Å². The van der Waals surface area contributed by atoms with E-state index >= 15 is 0 Å². The summed E-state index contributed by atoms with van der Waals surface area (Å²) < 4.78 is 6.66. The summed E-state index contributed by atoms with van der Waals surface area (Å²) in [6, 6.07) is 14.6. The van der Waals surface area contributed by atoms with E-state index in [1.54, 1.807) is 11.8 Å². The summed E-state index contributed by atoms with van der Waals surface area (Å²) in [5.41, 5.74) is 1.90. The predicted molar refractivity (Wildman–Crippen MR) is 110 cm³/mol. The first-order valence-corrected chi connectivity index (χ1v) is 9.71. The number of nitrogens with one attached hydrogen (secondary N) is 1. The zero-order valence-corrected chi connectivity index (χ0v) is 17.5. The molecule has 27 heavy (non-hydrogen) atoms. The molecule has 2 amide bonds. The second kappa shape index (κ2) is 10.1. The van der Waals surface area contributed by atoms with E-state index in [9.17, 15) is 9.59 Å². The van der Waals surface area contributed by atoms with Crippen molar-refractivity contribution in [3.63, 3.8) is 0 Å². The highest BCUT2D eigenvalue weighted by molar-refractivity contribution is 9.10. The number of carbonyl (C=O) groups excluding carboxylic acids is 2. The Bertz CT molecular complexity index is 777. The Kier molecular flexibility index (Phi) is 7.85. The Hall–Kier alpha value is -2.34. The number of benzene rings is 2. The molecule has 0 bridgehead atoms. The molecule has 0 radical (unpaired) electrons. The smallest absolute Gasteiger partial charge is 0.261 e. The average Bonchev–Trinajstić information content (AvgIpc) is 2.66. The van der Waals surface area contributed by atoms with Crippen molar-refractivity contribution in [2.75, 3.05) is 13.2 Å². The molecule has 1 atom stereocenters. The Labute approximate surface area is 168 Å². The third kappa shape index (κ3) is 6.10. The number of carbonyl (C=O) groups is 2. The molecule has 0 aliphatic heterocycles. The van der Waals surface area contributed by atoms with Crippen LogP contribution in [0, 0.1) is 6.92 Å². The van der Waals surface area contributed by atoms with Crippen LogP contribution in [0.1, 0.15) is 25.0 Å². The highest BCUT2D eigenvalue weighted by Crippen LogP contribution is 2.18. The van der Waals surface area contributed by atoms with Crippen LogP contribution < -0.4 is 10.1 Å². The van der Waals surface area contributed by atoms with Gasteiger partial charge in [0.2, 0.25) is 5.91 Å². The van der Waals surface area contributed by atoms with Crippen molar-refractivity contribution in [2.24, 2.45) is 0 Å². The number of ether oxygens (including phenoxy) is 1. The number of amides is 2. The molecule has 0 fully saturated rings. The minimum Gasteiger partial charge on any atom is -0.484 e. The molecule has 0 aliphatic carbocycles. The van der Waals surface area contributed by atoms with E-state index < -0.39 is 6.04 Å². The van der Waals surface area contributed by atoms with Crippen molar-refractivity contribution < 1.29 is 14.3 Å². The lowest BCUT2D eigenvalue weighted by molar-refractivity contribution is -0.142. The SMILES string of the molecule is CCNC(=O)[C@@H](C)N(Cc1ccc(Br)cc1)C(=O)COc1ccccc1C. The Balaban J connectivity index is 2.14. The van der Waals surface area contributed by atoms with Crippen LogP contribution in [0.3, 0.4) is 0 Å². The van der Waals surface area contributed by atoms with Crippen LogP contribution in [-0.4, -0.2) is 35.9 Å². The van der Waals surface area contributed by atoms with Crippen LogP contribution in [0.2, 0.25) is 0 Å². The van der Waals surface area contributed by atoms with Crippen molar-refractivity contribution in [1.82, 2.24) is 10.2 Å². The molecule has 0 heterocycles. The molecule has 0 saturated heterocycles. The fourth-order valence-electron chi connectivity index (χ4n) is 2.63. The largest absolute Gasteiger partial charge is 0.484 e. The van der Waals surface area contributed by atoms with Crippen LogP contribution in [0.5, 0.6) is 5.75 Å². The summed E-state index contributed by atoms with van der Waals surface area (Å²) in [6.07, 6.45) is 0. The Morgan fingerprint density at radius 3 is 2.44 bits per heavy atom. The number of halogens is 1. The highest BCUT2D eigenvalue weighted by Gasteiger charge is 2.26. The number of hydrogen-bond donors (Lipinski definition) is 1. The van der Waals surface area contributed by atoms with Gasteiger partial charge in [0.15, 0.2) is 6.61 Å². The average molecular weight is 433 g/mol. The zero-order valence-electron chi connectivity index (χ0n) is 15.9. The minimum atomic E-state index is -0.596. The second-order valence-electron chi connectivity index (χ2n) is 6.27. The van der Waals surface area contributed by atoms with Crippen LogP contribution in [0.4, 0.5) is 0 Å². The molecule has 2 rings (SSSR count). The molecule has 0 spiro atoms. The van der Waals surface area contributed by atoms with Gasteiger partial charge < -0.3 is 15.0 Å². The predicted octanol–water partition coefficient (Wildman–Crippen LogP) is 3.69. The van der Waals surface area contributed by atoms with Gasteiger partial charge in [-0.2, -0.15) is 0 Å². The highest BCUT2D eigenvalue weighted by atomic mass is 79.9. The lowest BCUT2D eigenvalue weighted by atomic mass is 10.1. The van der Waals surface area contributed by atoms with E-state index in [0.717, 1.165) is 15.6 Å². The Morgan fingerprint density at radius 2 is 1.81 bits per heavy atom. The van der Waals surface area contributed by atoms with E-state index in [4.69, 9.17) is 4.74 Å². The van der Waals surface area contributed by atoms with Crippen molar-refractivity contribution in [1.29, 1.82) is 0 Å². The molecule has 1 N–H and O–H groups in total. The first kappa shape index (κ1) is 21.0. The molecule has 0 aromatic heterocycles. The molecular formula is C21H25BrN2O3. The molecule has 5 nitrogen and oxygen atoms in total. The lowest BCUT2D eigenvalue weighted by Gasteiger charge is -2.28. The standard InChI is InChI=1S/C21H25BrN2O3/c1-4-23-21(26)16(3)24(13-17-9-11-18(22)12-10-17)20(25)14-27-19-8-6-5-7-15(19)2/h5-12,16H,4,13-14H2,1-3H3,(H,23,26)/t16-/m1/s1. The van der Waals surface area contributed by atoms with Gasteiger partial charge in [-0.3, -0.25) is 9.59 Å². The third-order valence-electron chi connectivity index (χ3n) is 4.23. The molecule has 144 valence electrons. The molecule has 0 unspecified atom stereocenters. The molecule has 2 aromatic carbocycles. The van der Waals surface area contributed by atoms with Gasteiger partial charge in [0, 0.05) is 17.6 Å². The van der Waals surface area contributed by atoms with Crippen molar-refractivity contribution in [3.8, 4) is 5.75 Å². The molecule has 2 aromatic rings. The maximum atomic E-state index is 12.9. The van der Waals surface area contributed by atoms with Gasteiger partial charge in [0.1, 0.15) is 11.8 Å². The first-order valence-electron chi connectivity index (χ1n) is 8.92. The number of para-hydroxylation sites is 1. The van der Waals surface area contributed by atoms with Gasteiger partial charge in [-0.1, -0.05) is 46.3 Å². The first-order chi connectivity index (χ1) is 12.9. The van der Waals surface area contributed by atoms with Gasteiger partial charge in [-0.15, -0.1) is 0 Å². The number of likely N-dealkylation sites (N-methyl/N-ethyl adjacent to an activating group) is 1. The van der Waals surface area contributed by atoms with E-state index in [2.05, 4.69) is 21.2 Å². The summed E-state index contributed by atoms with van der Waals surface area (Å²) in [6.45, 7) is 6.24. The summed E-state index contributed by atoms with van der Waals surface area (Å²) in [5.74, 6) is 0.249. The number of hydrogen-bond acceptors (Lipinski definition) is 3. The maximum Gasteiger partial charge on any atom is 0.261 e. The van der Waals surface area contributed by atoms with Crippen molar-refractivity contribution >= 4 is 27.7 Å². The molecular weight excluding hydrogens is 408 g/mol. The van der Waals surface area contributed by atoms with Gasteiger partial charge in [0.25, 0.3) is 5.91 Å². The van der Waals surface area contributed by atoms with E-state index in [-0.39, 0.29) is 18.4 Å². The van der Waals surface area contributed by atoms with Crippen LogP contribution in [0.25, 0.3) is 0 Å². The van der Waals surface area contributed by atoms with Crippen molar-refractivity contribution in [3.05, 3.63) is 64.1 Å². The van der Waals surface area contributed by atoms with Gasteiger partial charge in [0.05, 0.1) is 0 Å². The topological polar surface area (TPSA) is 58.6 Å². The van der Waals surface area contributed by atoms with Crippen LogP contribution >= 0.6 is 15.9 Å². The fourth-order valence-corrected chi connectivity index (χ4v) is 2.90. The third-order valence-corrected chi connectivity index (χ3v) is 4.76. The quantitative estimate of drug-likeness (QED) is 0.691. The lowest BCUT2D eigenvalue weighted by Crippen LogP contribution is -2.49. The number of nitrogens with zero attached hydrogens (tertiary/aromatic N) is 1. The van der Waals surface area contributed by atoms with Crippen LogP contribution in [0.15, 0.2) is 53.0 Å². The normalized spacial score (nSPS) is 11.6. The van der Waals surface area contributed by atoms with Crippen LogP contribution in [-0.2, 0) is 16.1 Å². The summed E-state index contributed by atoms with van der Waals surface area (Å²) in [4.78, 5) is 26.7. The maximum absolute atomic E-state index is 12.9. The van der Waals surface area contributed by atoms with E-state index in [0.29, 0.717) is 18.8 Å². The Morgan fingerprint density at radius 1 is 1.15 bits per heavy atom. The number of aryl methyl sites for hydroxylation is 1. The van der Waals surface area contributed by atoms with Gasteiger partial charge in [-0.05, 0) is 50.1 Å².